The summed E-state index contributed by atoms with van der Waals surface area (Å²) in [4.78, 5) is 14.2. The number of carbonyl (C=O) groups excluding carboxylic acids is 1. The van der Waals surface area contributed by atoms with Crippen LogP contribution in [-0.2, 0) is 4.74 Å². The molecule has 2 fully saturated rings. The van der Waals surface area contributed by atoms with Gasteiger partial charge in [-0.05, 0) is 56.8 Å². The Bertz CT molecular complexity index is 413. The lowest BCUT2D eigenvalue weighted by Crippen LogP contribution is -2.59. The lowest BCUT2D eigenvalue weighted by molar-refractivity contribution is -0.125. The van der Waals surface area contributed by atoms with Crippen molar-refractivity contribution in [1.82, 2.24) is 4.90 Å². The van der Waals surface area contributed by atoms with Gasteiger partial charge in [0, 0.05) is 13.1 Å². The molecule has 3 unspecified atom stereocenters. The summed E-state index contributed by atoms with van der Waals surface area (Å²) >= 11 is 0. The van der Waals surface area contributed by atoms with E-state index < -0.39 is 5.60 Å². The lowest BCUT2D eigenvalue weighted by Gasteiger charge is -2.57. The van der Waals surface area contributed by atoms with Crippen molar-refractivity contribution in [2.45, 2.75) is 72.5 Å². The van der Waals surface area contributed by atoms with E-state index in [9.17, 15) is 9.90 Å². The van der Waals surface area contributed by atoms with Crippen molar-refractivity contribution in [3.63, 3.8) is 0 Å². The summed E-state index contributed by atoms with van der Waals surface area (Å²) in [6.07, 6.45) is 2.30. The number of hydrogen-bond acceptors (Lipinski definition) is 3. The van der Waals surface area contributed by atoms with Crippen LogP contribution < -0.4 is 0 Å². The van der Waals surface area contributed by atoms with Crippen molar-refractivity contribution in [2.24, 2.45) is 16.7 Å². The topological polar surface area (TPSA) is 49.8 Å². The van der Waals surface area contributed by atoms with E-state index in [1.54, 1.807) is 0 Å². The van der Waals surface area contributed by atoms with Gasteiger partial charge in [-0.2, -0.15) is 0 Å². The number of piperidine rings is 1. The second-order valence-corrected chi connectivity index (χ2v) is 8.77. The van der Waals surface area contributed by atoms with Crippen LogP contribution in [0.2, 0.25) is 0 Å². The number of rotatable bonds is 0. The van der Waals surface area contributed by atoms with Crippen molar-refractivity contribution in [2.75, 3.05) is 13.1 Å². The second kappa shape index (κ2) is 5.15. The van der Waals surface area contributed by atoms with E-state index in [-0.39, 0.29) is 23.0 Å². The highest BCUT2D eigenvalue weighted by Gasteiger charge is 2.53. The first-order chi connectivity index (χ1) is 9.46. The highest BCUT2D eigenvalue weighted by molar-refractivity contribution is 5.68. The number of aliphatic hydroxyl groups is 1. The maximum absolute atomic E-state index is 12.3. The average Bonchev–Trinajstić information content (AvgIpc) is 2.32. The fourth-order valence-electron chi connectivity index (χ4n) is 4.34. The predicted octanol–water partition coefficient (Wildman–Crippen LogP) is 3.43. The zero-order chi connectivity index (χ0) is 16.1. The van der Waals surface area contributed by atoms with Gasteiger partial charge < -0.3 is 14.7 Å². The van der Waals surface area contributed by atoms with Gasteiger partial charge in [-0.25, -0.2) is 4.79 Å². The Hall–Kier alpha value is -0.770. The number of fused-ring (bicyclic) bond motifs is 1. The van der Waals surface area contributed by atoms with Gasteiger partial charge >= 0.3 is 6.09 Å². The molecule has 1 amide bonds. The molecule has 0 spiro atoms. The molecule has 1 aliphatic carbocycles. The van der Waals surface area contributed by atoms with E-state index in [4.69, 9.17) is 4.74 Å². The van der Waals surface area contributed by atoms with Gasteiger partial charge in [-0.1, -0.05) is 20.8 Å². The van der Waals surface area contributed by atoms with E-state index >= 15 is 0 Å². The van der Waals surface area contributed by atoms with Crippen LogP contribution in [0.4, 0.5) is 4.79 Å². The molecule has 21 heavy (non-hydrogen) atoms. The Morgan fingerprint density at radius 3 is 2.43 bits per heavy atom. The number of nitrogens with zero attached hydrogens (tertiary/aromatic N) is 1. The van der Waals surface area contributed by atoms with E-state index in [1.807, 2.05) is 25.7 Å². The van der Waals surface area contributed by atoms with Crippen LogP contribution >= 0.6 is 0 Å². The third-order valence-corrected chi connectivity index (χ3v) is 5.48. The van der Waals surface area contributed by atoms with Gasteiger partial charge in [0.2, 0.25) is 0 Å². The molecule has 0 aromatic carbocycles. The summed E-state index contributed by atoms with van der Waals surface area (Å²) < 4.78 is 5.51. The van der Waals surface area contributed by atoms with Crippen molar-refractivity contribution in [1.29, 1.82) is 0 Å². The van der Waals surface area contributed by atoms with Crippen LogP contribution in [0.1, 0.15) is 60.8 Å². The summed E-state index contributed by atoms with van der Waals surface area (Å²) in [6, 6.07) is 0. The molecular formula is C17H31NO3. The van der Waals surface area contributed by atoms with Gasteiger partial charge in [0.15, 0.2) is 0 Å². The van der Waals surface area contributed by atoms with Crippen molar-refractivity contribution in [3.8, 4) is 0 Å². The molecule has 2 aliphatic rings. The number of amides is 1. The molecule has 2 rings (SSSR count). The van der Waals surface area contributed by atoms with Gasteiger partial charge in [-0.15, -0.1) is 0 Å². The Kier molecular flexibility index (Phi) is 4.07. The first-order valence-corrected chi connectivity index (χ1v) is 8.12. The monoisotopic (exact) mass is 297 g/mol. The van der Waals surface area contributed by atoms with Crippen LogP contribution in [-0.4, -0.2) is 40.9 Å². The van der Waals surface area contributed by atoms with E-state index in [2.05, 4.69) is 20.8 Å². The van der Waals surface area contributed by atoms with Crippen molar-refractivity contribution < 1.29 is 14.6 Å². The SMILES string of the molecule is CC(C)(C)OC(=O)N1CCC2C(C)(CCC(O)C2(C)C)C1. The second-order valence-electron chi connectivity index (χ2n) is 8.77. The molecule has 4 nitrogen and oxygen atoms in total. The summed E-state index contributed by atoms with van der Waals surface area (Å²) in [5.74, 6) is 0.451. The van der Waals surface area contributed by atoms with Gasteiger partial charge in [0.1, 0.15) is 5.60 Å². The molecule has 1 saturated carbocycles. The number of carbonyl (C=O) groups is 1. The van der Waals surface area contributed by atoms with Gasteiger partial charge in [-0.3, -0.25) is 0 Å². The minimum absolute atomic E-state index is 0.0764. The van der Waals surface area contributed by atoms with Gasteiger partial charge in [0.05, 0.1) is 6.10 Å². The van der Waals surface area contributed by atoms with E-state index in [0.29, 0.717) is 5.92 Å². The van der Waals surface area contributed by atoms with Crippen molar-refractivity contribution >= 4 is 6.09 Å². The highest BCUT2D eigenvalue weighted by Crippen LogP contribution is 2.54. The normalized spacial score (nSPS) is 36.0. The van der Waals surface area contributed by atoms with Crippen LogP contribution in [0.25, 0.3) is 0 Å². The zero-order valence-electron chi connectivity index (χ0n) is 14.4. The summed E-state index contributed by atoms with van der Waals surface area (Å²) in [7, 11) is 0. The van der Waals surface area contributed by atoms with Crippen LogP contribution in [0.5, 0.6) is 0 Å². The lowest BCUT2D eigenvalue weighted by atomic mass is 9.53. The number of ether oxygens (including phenoxy) is 1. The largest absolute Gasteiger partial charge is 0.444 e. The Morgan fingerprint density at radius 1 is 1.24 bits per heavy atom. The maximum Gasteiger partial charge on any atom is 0.410 e. The third kappa shape index (κ3) is 3.20. The first kappa shape index (κ1) is 16.6. The first-order valence-electron chi connectivity index (χ1n) is 8.12. The molecule has 0 bridgehead atoms. The molecule has 0 aromatic rings. The molecule has 1 aliphatic heterocycles. The summed E-state index contributed by atoms with van der Waals surface area (Å²) in [5, 5.41) is 10.3. The van der Waals surface area contributed by atoms with Crippen molar-refractivity contribution in [3.05, 3.63) is 0 Å². The highest BCUT2D eigenvalue weighted by atomic mass is 16.6. The molecular weight excluding hydrogens is 266 g/mol. The Morgan fingerprint density at radius 2 is 1.86 bits per heavy atom. The molecule has 3 atom stereocenters. The smallest absolute Gasteiger partial charge is 0.410 e. The minimum Gasteiger partial charge on any atom is -0.444 e. The fourth-order valence-corrected chi connectivity index (χ4v) is 4.34. The van der Waals surface area contributed by atoms with Crippen LogP contribution in [0.3, 0.4) is 0 Å². The van der Waals surface area contributed by atoms with Crippen LogP contribution in [0, 0.1) is 16.7 Å². The molecule has 122 valence electrons. The quantitative estimate of drug-likeness (QED) is 0.745. The molecule has 1 N–H and O–H groups in total. The standard InChI is InChI=1S/C17H31NO3/c1-15(2,3)21-14(20)18-10-8-12-16(4,5)13(19)7-9-17(12,6)11-18/h12-13,19H,7-11H2,1-6H3. The molecule has 0 aromatic heterocycles. The van der Waals surface area contributed by atoms with E-state index in [0.717, 1.165) is 32.4 Å². The average molecular weight is 297 g/mol. The third-order valence-electron chi connectivity index (χ3n) is 5.48. The predicted molar refractivity (Wildman–Crippen MR) is 83.0 cm³/mol. The number of likely N-dealkylation sites (tertiary alicyclic amines) is 1. The summed E-state index contributed by atoms with van der Waals surface area (Å²) in [5.41, 5.74) is -0.443. The number of hydrogen-bond donors (Lipinski definition) is 1. The Balaban J connectivity index is 2.11. The molecule has 0 radical (unpaired) electrons. The molecule has 4 heteroatoms. The maximum atomic E-state index is 12.3. The zero-order valence-corrected chi connectivity index (χ0v) is 14.4. The van der Waals surface area contributed by atoms with Gasteiger partial charge in [0.25, 0.3) is 0 Å². The number of aliphatic hydroxyl groups excluding tert-OH is 1. The molecule has 1 heterocycles. The Labute approximate surface area is 128 Å². The van der Waals surface area contributed by atoms with E-state index in [1.165, 1.54) is 0 Å². The summed E-state index contributed by atoms with van der Waals surface area (Å²) in [6.45, 7) is 13.8. The molecule has 1 saturated heterocycles. The minimum atomic E-state index is -0.448. The fraction of sp³-hybridized carbons (Fsp3) is 0.941. The van der Waals surface area contributed by atoms with Crippen LogP contribution in [0.15, 0.2) is 0 Å².